The van der Waals surface area contributed by atoms with Gasteiger partial charge in [0, 0.05) is 5.54 Å². The molecule has 0 aromatic heterocycles. The van der Waals surface area contributed by atoms with Crippen LogP contribution in [0, 0.1) is 12.3 Å². The number of hydrogen-bond acceptors (Lipinski definition) is 1. The van der Waals surface area contributed by atoms with Crippen molar-refractivity contribution in [3.8, 4) is 12.3 Å². The van der Waals surface area contributed by atoms with Gasteiger partial charge in [-0.1, -0.05) is 19.3 Å². The lowest BCUT2D eigenvalue weighted by Gasteiger charge is -2.25. The Kier molecular flexibility index (Phi) is 4.22. The number of terminal acetylenes is 1. The second-order valence-corrected chi connectivity index (χ2v) is 3.90. The second kappa shape index (κ2) is 4.41. The molecule has 11 heavy (non-hydrogen) atoms. The maximum Gasteiger partial charge on any atom is 0.0690 e. The third kappa shape index (κ3) is 5.94. The molecule has 0 amide bonds. The summed E-state index contributed by atoms with van der Waals surface area (Å²) in [5.74, 6) is 2.75. The molecule has 0 spiro atoms. The van der Waals surface area contributed by atoms with Gasteiger partial charge in [0.1, 0.15) is 0 Å². The first-order valence-corrected chi connectivity index (χ1v) is 4.23. The maximum atomic E-state index is 5.35. The smallest absolute Gasteiger partial charge is 0.0690 e. The Bertz CT molecular complexity index is 136. The summed E-state index contributed by atoms with van der Waals surface area (Å²) in [6.07, 6.45) is 7.55. The van der Waals surface area contributed by atoms with Gasteiger partial charge in [-0.3, -0.25) is 5.32 Å². The summed E-state index contributed by atoms with van der Waals surface area (Å²) in [7, 11) is 0. The fourth-order valence-corrected chi connectivity index (χ4v) is 1.01. The van der Waals surface area contributed by atoms with E-state index in [1.807, 2.05) is 0 Å². The standard InChI is InChI=1S/C10H19N/c1-6-8-9(7-2)11-10(3,4)5/h2,9,11H,6,8H2,1,3-5H3/t9-/m0/s1. The van der Waals surface area contributed by atoms with E-state index in [4.69, 9.17) is 6.42 Å². The third-order valence-corrected chi connectivity index (χ3v) is 1.39. The molecule has 0 aliphatic heterocycles. The van der Waals surface area contributed by atoms with Gasteiger partial charge in [-0.25, -0.2) is 0 Å². The van der Waals surface area contributed by atoms with Crippen molar-refractivity contribution in [3.05, 3.63) is 0 Å². The van der Waals surface area contributed by atoms with Gasteiger partial charge in [0.25, 0.3) is 0 Å². The van der Waals surface area contributed by atoms with Gasteiger partial charge in [-0.2, -0.15) is 0 Å². The van der Waals surface area contributed by atoms with Crippen LogP contribution in [0.25, 0.3) is 0 Å². The van der Waals surface area contributed by atoms with Gasteiger partial charge in [0.05, 0.1) is 6.04 Å². The molecule has 0 fully saturated rings. The highest BCUT2D eigenvalue weighted by Gasteiger charge is 2.13. The lowest BCUT2D eigenvalue weighted by Crippen LogP contribution is -2.42. The fourth-order valence-electron chi connectivity index (χ4n) is 1.01. The molecule has 64 valence electrons. The molecule has 0 bridgehead atoms. The monoisotopic (exact) mass is 153 g/mol. The van der Waals surface area contributed by atoms with Crippen molar-refractivity contribution in [3.63, 3.8) is 0 Å². The van der Waals surface area contributed by atoms with Crippen molar-refractivity contribution in [1.29, 1.82) is 0 Å². The van der Waals surface area contributed by atoms with Crippen LogP contribution in [-0.2, 0) is 0 Å². The summed E-state index contributed by atoms with van der Waals surface area (Å²) < 4.78 is 0. The molecule has 0 aromatic rings. The maximum absolute atomic E-state index is 5.35. The molecular formula is C10H19N. The number of nitrogens with one attached hydrogen (secondary N) is 1. The van der Waals surface area contributed by atoms with Gasteiger partial charge >= 0.3 is 0 Å². The van der Waals surface area contributed by atoms with E-state index in [2.05, 4.69) is 38.9 Å². The van der Waals surface area contributed by atoms with Crippen LogP contribution in [-0.4, -0.2) is 11.6 Å². The van der Waals surface area contributed by atoms with Crippen molar-refractivity contribution in [1.82, 2.24) is 5.32 Å². The minimum absolute atomic E-state index is 0.131. The Hall–Kier alpha value is -0.480. The van der Waals surface area contributed by atoms with E-state index in [-0.39, 0.29) is 11.6 Å². The zero-order valence-corrected chi connectivity index (χ0v) is 8.07. The second-order valence-electron chi connectivity index (χ2n) is 3.90. The molecule has 0 aliphatic rings. The van der Waals surface area contributed by atoms with Crippen LogP contribution in [0.4, 0.5) is 0 Å². The first kappa shape index (κ1) is 10.5. The van der Waals surface area contributed by atoms with E-state index >= 15 is 0 Å². The highest BCUT2D eigenvalue weighted by molar-refractivity contribution is 5.00. The molecule has 0 radical (unpaired) electrons. The highest BCUT2D eigenvalue weighted by atomic mass is 15.0. The van der Waals surface area contributed by atoms with Gasteiger partial charge in [0.15, 0.2) is 0 Å². The quantitative estimate of drug-likeness (QED) is 0.613. The SMILES string of the molecule is C#C[C@@H](CCC)NC(C)(C)C. The molecule has 0 unspecified atom stereocenters. The van der Waals surface area contributed by atoms with Crippen molar-refractivity contribution in [2.75, 3.05) is 0 Å². The zero-order chi connectivity index (χ0) is 8.91. The van der Waals surface area contributed by atoms with E-state index in [0.29, 0.717) is 0 Å². The van der Waals surface area contributed by atoms with Crippen LogP contribution in [0.5, 0.6) is 0 Å². The molecule has 0 aliphatic carbocycles. The van der Waals surface area contributed by atoms with Crippen molar-refractivity contribution in [2.45, 2.75) is 52.1 Å². The average Bonchev–Trinajstić information content (AvgIpc) is 1.84. The Labute approximate surface area is 70.6 Å². The van der Waals surface area contributed by atoms with Crippen LogP contribution >= 0.6 is 0 Å². The van der Waals surface area contributed by atoms with Gasteiger partial charge in [-0.05, 0) is 27.2 Å². The highest BCUT2D eigenvalue weighted by Crippen LogP contribution is 2.04. The molecule has 1 heteroatoms. The van der Waals surface area contributed by atoms with E-state index in [1.54, 1.807) is 0 Å². The number of rotatable bonds is 3. The van der Waals surface area contributed by atoms with Crippen LogP contribution < -0.4 is 5.32 Å². The average molecular weight is 153 g/mol. The molecule has 0 saturated carbocycles. The summed E-state index contributed by atoms with van der Waals surface area (Å²) in [5.41, 5.74) is 0.131. The minimum atomic E-state index is 0.131. The predicted molar refractivity (Wildman–Crippen MR) is 50.4 cm³/mol. The zero-order valence-electron chi connectivity index (χ0n) is 8.07. The minimum Gasteiger partial charge on any atom is -0.299 e. The number of hydrogen-bond donors (Lipinski definition) is 1. The Balaban J connectivity index is 3.81. The fraction of sp³-hybridized carbons (Fsp3) is 0.800. The summed E-state index contributed by atoms with van der Waals surface area (Å²) in [5, 5.41) is 3.37. The van der Waals surface area contributed by atoms with Crippen molar-refractivity contribution < 1.29 is 0 Å². The molecule has 0 rings (SSSR count). The molecule has 0 aromatic carbocycles. The Morgan fingerprint density at radius 2 is 2.00 bits per heavy atom. The summed E-state index contributed by atoms with van der Waals surface area (Å²) >= 11 is 0. The third-order valence-electron chi connectivity index (χ3n) is 1.39. The van der Waals surface area contributed by atoms with Crippen LogP contribution in [0.1, 0.15) is 40.5 Å². The molecule has 1 nitrogen and oxygen atoms in total. The molecule has 1 N–H and O–H groups in total. The summed E-state index contributed by atoms with van der Waals surface area (Å²) in [6.45, 7) is 8.54. The first-order valence-electron chi connectivity index (χ1n) is 4.23. The van der Waals surface area contributed by atoms with Crippen LogP contribution in [0.3, 0.4) is 0 Å². The summed E-state index contributed by atoms with van der Waals surface area (Å²) in [6, 6.07) is 0.236. The van der Waals surface area contributed by atoms with Crippen LogP contribution in [0.15, 0.2) is 0 Å². The molecule has 1 atom stereocenters. The summed E-state index contributed by atoms with van der Waals surface area (Å²) in [4.78, 5) is 0. The van der Waals surface area contributed by atoms with Gasteiger partial charge in [-0.15, -0.1) is 6.42 Å². The largest absolute Gasteiger partial charge is 0.299 e. The molecular weight excluding hydrogens is 134 g/mol. The predicted octanol–water partition coefficient (Wildman–Crippen LogP) is 2.18. The Morgan fingerprint density at radius 3 is 2.27 bits per heavy atom. The van der Waals surface area contributed by atoms with Gasteiger partial charge < -0.3 is 0 Å². The van der Waals surface area contributed by atoms with E-state index in [9.17, 15) is 0 Å². The van der Waals surface area contributed by atoms with Crippen molar-refractivity contribution >= 4 is 0 Å². The normalized spacial score (nSPS) is 14.1. The first-order chi connectivity index (χ1) is 4.99. The topological polar surface area (TPSA) is 12.0 Å². The Morgan fingerprint density at radius 1 is 1.45 bits per heavy atom. The molecule has 0 heterocycles. The molecule has 0 saturated heterocycles. The van der Waals surface area contributed by atoms with E-state index in [1.165, 1.54) is 0 Å². The van der Waals surface area contributed by atoms with Crippen LogP contribution in [0.2, 0.25) is 0 Å². The lowest BCUT2D eigenvalue weighted by molar-refractivity contribution is 0.385. The van der Waals surface area contributed by atoms with Gasteiger partial charge in [0.2, 0.25) is 0 Å². The lowest BCUT2D eigenvalue weighted by atomic mass is 10.1. The van der Waals surface area contributed by atoms with Crippen molar-refractivity contribution in [2.24, 2.45) is 0 Å². The van der Waals surface area contributed by atoms with E-state index < -0.39 is 0 Å². The van der Waals surface area contributed by atoms with E-state index in [0.717, 1.165) is 12.8 Å².